The van der Waals surface area contributed by atoms with Crippen LogP contribution in [0, 0.1) is 0 Å². The molecule has 5 nitrogen and oxygen atoms in total. The van der Waals surface area contributed by atoms with Gasteiger partial charge in [-0.2, -0.15) is 0 Å². The van der Waals surface area contributed by atoms with E-state index in [2.05, 4.69) is 10.6 Å². The maximum absolute atomic E-state index is 13.0. The average molecular weight is 280 g/mol. The highest BCUT2D eigenvalue weighted by molar-refractivity contribution is 5.82. The first-order valence-corrected chi connectivity index (χ1v) is 6.49. The van der Waals surface area contributed by atoms with Crippen LogP contribution in [0.2, 0.25) is 0 Å². The van der Waals surface area contributed by atoms with Gasteiger partial charge in [-0.1, -0.05) is 24.3 Å². The molecule has 6 heteroatoms. The summed E-state index contributed by atoms with van der Waals surface area (Å²) >= 11 is 0. The summed E-state index contributed by atoms with van der Waals surface area (Å²) in [7, 11) is 0. The molecule has 2 atom stereocenters. The lowest BCUT2D eigenvalue weighted by molar-refractivity contribution is -0.136. The minimum Gasteiger partial charge on any atom is -0.481 e. The first-order chi connectivity index (χ1) is 9.54. The SMILES string of the molecule is O=C(O)Cc1ccc(CNC(=O)[C@@H]2C[C@H](F)CN2)cc1. The number of nitrogens with one attached hydrogen (secondary N) is 2. The van der Waals surface area contributed by atoms with E-state index >= 15 is 0 Å². The first-order valence-electron chi connectivity index (χ1n) is 6.49. The highest BCUT2D eigenvalue weighted by Crippen LogP contribution is 2.10. The van der Waals surface area contributed by atoms with Crippen molar-refractivity contribution in [3.63, 3.8) is 0 Å². The number of carbonyl (C=O) groups excluding carboxylic acids is 1. The third-order valence-corrected chi connectivity index (χ3v) is 3.24. The number of alkyl halides is 1. The largest absolute Gasteiger partial charge is 0.481 e. The predicted molar refractivity (Wildman–Crippen MR) is 70.9 cm³/mol. The van der Waals surface area contributed by atoms with Crippen molar-refractivity contribution in [3.8, 4) is 0 Å². The number of hydrogen-bond acceptors (Lipinski definition) is 3. The van der Waals surface area contributed by atoms with Gasteiger partial charge in [-0.15, -0.1) is 0 Å². The van der Waals surface area contributed by atoms with Gasteiger partial charge in [0.05, 0.1) is 12.5 Å². The molecule has 108 valence electrons. The van der Waals surface area contributed by atoms with Crippen LogP contribution < -0.4 is 10.6 Å². The summed E-state index contributed by atoms with van der Waals surface area (Å²) in [6.07, 6.45) is -0.763. The van der Waals surface area contributed by atoms with Crippen LogP contribution in [0.3, 0.4) is 0 Å². The standard InChI is InChI=1S/C14H17FN2O3/c15-11-6-12(16-8-11)14(20)17-7-10-3-1-9(2-4-10)5-13(18)19/h1-4,11-12,16H,5-8H2,(H,17,20)(H,18,19)/t11-,12-/m0/s1. The monoisotopic (exact) mass is 280 g/mol. The zero-order chi connectivity index (χ0) is 14.5. The fraction of sp³-hybridized carbons (Fsp3) is 0.429. The molecule has 1 aromatic rings. The Kier molecular flexibility index (Phi) is 4.68. The van der Waals surface area contributed by atoms with Gasteiger partial charge in [0, 0.05) is 19.5 Å². The second-order valence-corrected chi connectivity index (χ2v) is 4.90. The molecule has 0 bridgehead atoms. The Labute approximate surface area is 116 Å². The topological polar surface area (TPSA) is 78.4 Å². The molecule has 0 aromatic heterocycles. The fourth-order valence-corrected chi connectivity index (χ4v) is 2.15. The number of rotatable bonds is 5. The Morgan fingerprint density at radius 2 is 1.95 bits per heavy atom. The van der Waals surface area contributed by atoms with Crippen molar-refractivity contribution in [2.45, 2.75) is 31.6 Å². The Morgan fingerprint density at radius 3 is 2.50 bits per heavy atom. The van der Waals surface area contributed by atoms with Gasteiger partial charge in [-0.3, -0.25) is 9.59 Å². The molecule has 1 heterocycles. The van der Waals surface area contributed by atoms with Crippen LogP contribution in [-0.2, 0) is 22.6 Å². The fourth-order valence-electron chi connectivity index (χ4n) is 2.15. The first kappa shape index (κ1) is 14.5. The molecule has 0 aliphatic carbocycles. The molecule has 0 spiro atoms. The van der Waals surface area contributed by atoms with E-state index in [9.17, 15) is 14.0 Å². The second-order valence-electron chi connectivity index (χ2n) is 4.90. The van der Waals surface area contributed by atoms with Crippen molar-refractivity contribution in [1.82, 2.24) is 10.6 Å². The van der Waals surface area contributed by atoms with Crippen molar-refractivity contribution in [2.75, 3.05) is 6.54 Å². The van der Waals surface area contributed by atoms with Crippen LogP contribution in [0.15, 0.2) is 24.3 Å². The van der Waals surface area contributed by atoms with Crippen LogP contribution in [0.5, 0.6) is 0 Å². The quantitative estimate of drug-likeness (QED) is 0.739. The Hall–Kier alpha value is -1.95. The van der Waals surface area contributed by atoms with E-state index in [1.807, 2.05) is 0 Å². The van der Waals surface area contributed by atoms with Crippen molar-refractivity contribution in [1.29, 1.82) is 0 Å². The van der Waals surface area contributed by atoms with Crippen LogP contribution in [0.4, 0.5) is 4.39 Å². The number of hydrogen-bond donors (Lipinski definition) is 3. The van der Waals surface area contributed by atoms with Crippen molar-refractivity contribution < 1.29 is 19.1 Å². The van der Waals surface area contributed by atoms with Crippen molar-refractivity contribution in [3.05, 3.63) is 35.4 Å². The third-order valence-electron chi connectivity index (χ3n) is 3.24. The van der Waals surface area contributed by atoms with Crippen molar-refractivity contribution in [2.24, 2.45) is 0 Å². The molecule has 1 fully saturated rings. The normalized spacial score (nSPS) is 21.6. The van der Waals surface area contributed by atoms with Gasteiger partial charge in [0.15, 0.2) is 0 Å². The number of carboxylic acids is 1. The van der Waals surface area contributed by atoms with Gasteiger partial charge in [-0.25, -0.2) is 4.39 Å². The Balaban J connectivity index is 1.81. The van der Waals surface area contributed by atoms with Crippen LogP contribution in [-0.4, -0.2) is 35.7 Å². The van der Waals surface area contributed by atoms with Gasteiger partial charge in [0.2, 0.25) is 5.91 Å². The molecule has 3 N–H and O–H groups in total. The summed E-state index contributed by atoms with van der Waals surface area (Å²) in [5.41, 5.74) is 1.59. The maximum Gasteiger partial charge on any atom is 0.307 e. The summed E-state index contributed by atoms with van der Waals surface area (Å²) < 4.78 is 13.0. The number of carbonyl (C=O) groups is 2. The van der Waals surface area contributed by atoms with E-state index < -0.39 is 18.2 Å². The number of aliphatic carboxylic acids is 1. The van der Waals surface area contributed by atoms with Crippen molar-refractivity contribution >= 4 is 11.9 Å². The van der Waals surface area contributed by atoms with Crippen LogP contribution in [0.1, 0.15) is 17.5 Å². The summed E-state index contributed by atoms with van der Waals surface area (Å²) in [5, 5.41) is 14.2. The zero-order valence-electron chi connectivity index (χ0n) is 10.9. The molecule has 20 heavy (non-hydrogen) atoms. The summed E-state index contributed by atoms with van der Waals surface area (Å²) in [5.74, 6) is -1.08. The summed E-state index contributed by atoms with van der Waals surface area (Å²) in [6, 6.07) is 6.54. The molecule has 0 radical (unpaired) electrons. The molecule has 1 aliphatic heterocycles. The minimum atomic E-state index is -0.957. The van der Waals surface area contributed by atoms with Gasteiger partial charge in [0.1, 0.15) is 6.17 Å². The molecular weight excluding hydrogens is 263 g/mol. The summed E-state index contributed by atoms with van der Waals surface area (Å²) in [6.45, 7) is 0.573. The van der Waals surface area contributed by atoms with Gasteiger partial charge in [0.25, 0.3) is 0 Å². The number of halogens is 1. The Morgan fingerprint density at radius 1 is 1.30 bits per heavy atom. The third kappa shape index (κ3) is 4.03. The average Bonchev–Trinajstić information content (AvgIpc) is 2.84. The van der Waals surface area contributed by atoms with E-state index in [0.29, 0.717) is 12.1 Å². The highest BCUT2D eigenvalue weighted by atomic mass is 19.1. The minimum absolute atomic E-state index is 0.0173. The number of carboxylic acid groups (broad SMARTS) is 1. The van der Waals surface area contributed by atoms with Gasteiger partial charge >= 0.3 is 5.97 Å². The number of amides is 1. The molecule has 1 aliphatic rings. The zero-order valence-corrected chi connectivity index (χ0v) is 10.9. The van der Waals surface area contributed by atoms with E-state index in [1.54, 1.807) is 24.3 Å². The lowest BCUT2D eigenvalue weighted by Gasteiger charge is -2.11. The molecule has 1 saturated heterocycles. The predicted octanol–water partition coefficient (Wildman–Crippen LogP) is 0.630. The summed E-state index contributed by atoms with van der Waals surface area (Å²) in [4.78, 5) is 22.3. The molecular formula is C14H17FN2O3. The highest BCUT2D eigenvalue weighted by Gasteiger charge is 2.28. The lowest BCUT2D eigenvalue weighted by atomic mass is 10.1. The van der Waals surface area contributed by atoms with Crippen LogP contribution in [0.25, 0.3) is 0 Å². The lowest BCUT2D eigenvalue weighted by Crippen LogP contribution is -2.39. The van der Waals surface area contributed by atoms with E-state index in [-0.39, 0.29) is 25.3 Å². The molecule has 2 rings (SSSR count). The van der Waals surface area contributed by atoms with E-state index in [1.165, 1.54) is 0 Å². The smallest absolute Gasteiger partial charge is 0.307 e. The van der Waals surface area contributed by atoms with Gasteiger partial charge < -0.3 is 15.7 Å². The number of benzene rings is 1. The second kappa shape index (κ2) is 6.47. The Bertz CT molecular complexity index is 490. The van der Waals surface area contributed by atoms with Crippen LogP contribution >= 0.6 is 0 Å². The molecule has 0 unspecified atom stereocenters. The molecule has 0 saturated carbocycles. The maximum atomic E-state index is 13.0. The molecule has 1 aromatic carbocycles. The van der Waals surface area contributed by atoms with E-state index in [4.69, 9.17) is 5.11 Å². The molecule has 1 amide bonds. The van der Waals surface area contributed by atoms with E-state index in [0.717, 1.165) is 5.56 Å². The van der Waals surface area contributed by atoms with Gasteiger partial charge in [-0.05, 0) is 11.1 Å².